The van der Waals surface area contributed by atoms with Gasteiger partial charge in [0.1, 0.15) is 61.1 Å². The van der Waals surface area contributed by atoms with Gasteiger partial charge in [-0.05, 0) is 62.5 Å². The van der Waals surface area contributed by atoms with Crippen LogP contribution in [0.25, 0.3) is 10.1 Å². The third-order valence-corrected chi connectivity index (χ3v) is 13.7. The minimum absolute atomic E-state index is 0.163. The van der Waals surface area contributed by atoms with Crippen molar-refractivity contribution in [1.29, 1.82) is 5.26 Å². The van der Waals surface area contributed by atoms with Crippen LogP contribution >= 0.6 is 18.9 Å². The number of hydrogen-bond acceptors (Lipinski definition) is 9. The normalized spacial score (nSPS) is 22.6. The van der Waals surface area contributed by atoms with Crippen molar-refractivity contribution in [2.75, 3.05) is 65.5 Å². The molecule has 0 saturated carbocycles. The van der Waals surface area contributed by atoms with Crippen LogP contribution in [0.2, 0.25) is 0 Å². The fourth-order valence-electron chi connectivity index (χ4n) is 6.46. The molecule has 0 aliphatic carbocycles. The second kappa shape index (κ2) is 12.7. The second-order valence-corrected chi connectivity index (χ2v) is 16.5. The minimum Gasteiger partial charge on any atom is -0.809 e. The Hall–Kier alpha value is -2.44. The van der Waals surface area contributed by atoms with Gasteiger partial charge < -0.3 is 33.8 Å². The molecule has 3 saturated heterocycles. The van der Waals surface area contributed by atoms with E-state index >= 15 is 0 Å². The number of fused-ring (bicyclic) bond motifs is 4. The molecule has 3 aliphatic heterocycles. The van der Waals surface area contributed by atoms with Crippen LogP contribution in [0.15, 0.2) is 40.6 Å². The highest BCUT2D eigenvalue weighted by Gasteiger charge is 2.48. The Labute approximate surface area is 261 Å². The first-order valence-electron chi connectivity index (χ1n) is 14.6. The van der Waals surface area contributed by atoms with E-state index in [0.717, 1.165) is 53.9 Å². The largest absolute Gasteiger partial charge is 0.809 e. The number of thiophene rings is 1. The van der Waals surface area contributed by atoms with Crippen LogP contribution in [0.3, 0.4) is 0 Å². The van der Waals surface area contributed by atoms with Gasteiger partial charge in [0.15, 0.2) is 0 Å². The molecule has 3 aliphatic rings. The summed E-state index contributed by atoms with van der Waals surface area (Å²) in [4.78, 5) is 24.1. The Morgan fingerprint density at radius 1 is 1.09 bits per heavy atom. The predicted octanol–water partition coefficient (Wildman–Crippen LogP) is 1.89. The number of sulfonamides is 1. The van der Waals surface area contributed by atoms with E-state index < -0.39 is 34.8 Å². The zero-order chi connectivity index (χ0) is 31.8. The van der Waals surface area contributed by atoms with E-state index in [1.54, 1.807) is 31.2 Å². The predicted molar refractivity (Wildman–Crippen MR) is 162 cm³/mol. The number of hydrogen-bond donors (Lipinski definition) is 2. The zero-order valence-electron chi connectivity index (χ0n) is 24.5. The van der Waals surface area contributed by atoms with Crippen molar-refractivity contribution < 1.29 is 40.9 Å². The topological polar surface area (TPSA) is 168 Å². The molecule has 4 heterocycles. The second-order valence-electron chi connectivity index (χ2n) is 11.9. The molecule has 2 aromatic carbocycles. The number of ether oxygens (including phenoxy) is 1. The fraction of sp³-hybridized carbons (Fsp3) is 0.483. The molecule has 3 fully saturated rings. The van der Waals surface area contributed by atoms with Crippen LogP contribution in [-0.4, -0.2) is 82.9 Å². The third-order valence-electron chi connectivity index (χ3n) is 9.15. The first kappa shape index (κ1) is 32.9. The molecule has 0 radical (unpaired) electrons. The number of piperazine rings is 3. The number of nitrogens with two attached hydrogens (primary N) is 1. The Morgan fingerprint density at radius 3 is 2.30 bits per heavy atom. The maximum atomic E-state index is 14.2. The van der Waals surface area contributed by atoms with Gasteiger partial charge in [0.05, 0.1) is 31.0 Å². The first-order valence-corrected chi connectivity index (χ1v) is 18.5. The highest BCUT2D eigenvalue weighted by Crippen LogP contribution is 2.45. The van der Waals surface area contributed by atoms with Crippen LogP contribution in [0.4, 0.5) is 4.39 Å². The summed E-state index contributed by atoms with van der Waals surface area (Å²) in [6, 6.07) is 9.57. The van der Waals surface area contributed by atoms with E-state index in [0.29, 0.717) is 34.1 Å². The van der Waals surface area contributed by atoms with Gasteiger partial charge in [-0.2, -0.15) is 9.98 Å². The lowest BCUT2D eigenvalue weighted by atomic mass is 10.1. The van der Waals surface area contributed by atoms with Crippen molar-refractivity contribution in [3.8, 4) is 11.8 Å². The molecular weight excluding hydrogens is 628 g/mol. The smallest absolute Gasteiger partial charge is 0.251 e. The average molecular weight is 666 g/mol. The molecule has 0 amide bonds. The summed E-state index contributed by atoms with van der Waals surface area (Å²) < 4.78 is 63.8. The Kier molecular flexibility index (Phi) is 9.54. The Bertz CT molecular complexity index is 1710. The Morgan fingerprint density at radius 2 is 1.73 bits per heavy atom. The molecule has 1 aromatic heterocycles. The highest BCUT2D eigenvalue weighted by molar-refractivity contribution is 7.92. The summed E-state index contributed by atoms with van der Waals surface area (Å²) in [5.41, 5.74) is 5.33. The molecule has 1 atom stereocenters. The lowest BCUT2D eigenvalue weighted by Crippen LogP contribution is -2.75. The molecule has 0 spiro atoms. The summed E-state index contributed by atoms with van der Waals surface area (Å²) in [6.07, 6.45) is 1.98. The van der Waals surface area contributed by atoms with Crippen LogP contribution in [0.5, 0.6) is 5.75 Å². The van der Waals surface area contributed by atoms with E-state index in [9.17, 15) is 27.2 Å². The van der Waals surface area contributed by atoms with Gasteiger partial charge in [0, 0.05) is 22.9 Å². The molecule has 238 valence electrons. The molecule has 2 bridgehead atoms. The van der Waals surface area contributed by atoms with Gasteiger partial charge in [-0.25, -0.2) is 12.8 Å². The maximum Gasteiger partial charge on any atom is 0.251 e. The summed E-state index contributed by atoms with van der Waals surface area (Å²) in [7, 11) is -10.1. The monoisotopic (exact) mass is 665 g/mol. The fourth-order valence-corrected chi connectivity index (χ4v) is 10.7. The number of aryl methyl sites for hydroxylation is 1. The quantitative estimate of drug-likeness (QED) is 0.159. The van der Waals surface area contributed by atoms with Crippen molar-refractivity contribution in [3.63, 3.8) is 0 Å². The molecule has 6 rings (SSSR count). The number of rotatable bonds is 13. The zero-order valence-corrected chi connectivity index (χ0v) is 27.1. The Balaban J connectivity index is 1.25. The number of nitrogens with one attached hydrogen (secondary N) is 1. The summed E-state index contributed by atoms with van der Waals surface area (Å²) >= 11 is 0.927. The van der Waals surface area contributed by atoms with Crippen molar-refractivity contribution in [1.82, 2.24) is 4.72 Å². The summed E-state index contributed by atoms with van der Waals surface area (Å²) in [5.74, 6) is -2.73. The molecular formula is C29H37FN5O6PS2. The van der Waals surface area contributed by atoms with E-state index in [1.807, 2.05) is 4.72 Å². The molecule has 3 aromatic rings. The number of halogens is 1. The van der Waals surface area contributed by atoms with Crippen LogP contribution < -0.4 is 25.0 Å². The van der Waals surface area contributed by atoms with E-state index in [4.69, 9.17) is 15.7 Å². The number of nitrogens with zero attached hydrogens (tertiary/aromatic N) is 3. The van der Waals surface area contributed by atoms with Gasteiger partial charge >= 0.3 is 0 Å². The highest BCUT2D eigenvalue weighted by atomic mass is 32.2. The van der Waals surface area contributed by atoms with Crippen LogP contribution in [-0.2, 0) is 14.6 Å². The number of quaternary nitrogens is 2. The maximum absolute atomic E-state index is 14.2. The molecule has 11 nitrogen and oxygen atoms in total. The average Bonchev–Trinajstić information content (AvgIpc) is 3.34. The number of nitriles is 1. The van der Waals surface area contributed by atoms with E-state index in [2.05, 4.69) is 0 Å². The molecule has 1 unspecified atom stereocenters. The minimum atomic E-state index is -5.62. The number of benzene rings is 2. The van der Waals surface area contributed by atoms with Gasteiger partial charge in [0.2, 0.25) is 0 Å². The van der Waals surface area contributed by atoms with Crippen molar-refractivity contribution in [3.05, 3.63) is 58.9 Å². The summed E-state index contributed by atoms with van der Waals surface area (Å²) in [6.45, 7) is 12.3. The molecule has 15 heteroatoms. The van der Waals surface area contributed by atoms with Crippen molar-refractivity contribution >= 4 is 39.0 Å². The lowest BCUT2D eigenvalue weighted by Gasteiger charge is -2.55. The van der Waals surface area contributed by atoms with Crippen LogP contribution in [0, 0.1) is 24.1 Å². The van der Waals surface area contributed by atoms with Crippen molar-refractivity contribution in [2.24, 2.45) is 5.73 Å². The first-order chi connectivity index (χ1) is 20.8. The molecule has 44 heavy (non-hydrogen) atoms. The van der Waals surface area contributed by atoms with Gasteiger partial charge in [-0.3, -0.25) is 0 Å². The SMILES string of the molecule is Cc1c(S(=O)(=O)NC(c2ccc(C#N)c(F)c2)P(=O)([O-])[O-])sc2ccc(OCCC[N+]34CC[N+](CCCN)(CC3)CC4)cc12. The summed E-state index contributed by atoms with van der Waals surface area (Å²) in [5, 5.41) is 9.56. The van der Waals surface area contributed by atoms with Gasteiger partial charge in [0.25, 0.3) is 10.0 Å². The van der Waals surface area contributed by atoms with E-state index in [1.165, 1.54) is 50.3 Å². The van der Waals surface area contributed by atoms with Crippen LogP contribution in [0.1, 0.15) is 35.3 Å². The molecule has 3 N–H and O–H groups in total. The van der Waals surface area contributed by atoms with Gasteiger partial charge in [-0.15, -0.1) is 11.3 Å². The third kappa shape index (κ3) is 6.87. The van der Waals surface area contributed by atoms with Gasteiger partial charge in [-0.1, -0.05) is 6.07 Å². The lowest BCUT2D eigenvalue weighted by molar-refractivity contribution is -1.08. The van der Waals surface area contributed by atoms with Crippen molar-refractivity contribution in [2.45, 2.75) is 29.8 Å². The van der Waals surface area contributed by atoms with E-state index in [-0.39, 0.29) is 9.77 Å². The standard InChI is InChI=1S/C29H37FN5O6PS2/c1-21-25-19-24(41-17-3-10-35-14-11-34(12-15-35,13-16-35)9-2-8-31)6-7-27(25)43-29(21)44(39,40)33-28(42(36,37)38)22-4-5-23(20-32)26(30)18-22/h4-7,18-19,28,33H,2-3,8-17,31H2,1H3.